The van der Waals surface area contributed by atoms with Gasteiger partial charge in [-0.25, -0.2) is 4.79 Å². The highest BCUT2D eigenvalue weighted by molar-refractivity contribution is 6.13. The summed E-state index contributed by atoms with van der Waals surface area (Å²) in [5, 5.41) is 20.2. The van der Waals surface area contributed by atoms with Gasteiger partial charge in [-0.1, -0.05) is 49.7 Å². The SMILES string of the molecule is CCCCC(=O)N(C(=O)c1cccc2ccccc12)C(CO)C(=O)O. The van der Waals surface area contributed by atoms with Crippen molar-refractivity contribution >= 4 is 28.6 Å². The van der Waals surface area contributed by atoms with Gasteiger partial charge in [0.05, 0.1) is 6.61 Å². The van der Waals surface area contributed by atoms with Gasteiger partial charge in [-0.2, -0.15) is 0 Å². The number of carboxylic acids is 1. The molecule has 25 heavy (non-hydrogen) atoms. The largest absolute Gasteiger partial charge is 0.480 e. The number of carboxylic acid groups (broad SMARTS) is 1. The van der Waals surface area contributed by atoms with E-state index in [2.05, 4.69) is 0 Å². The number of aliphatic carboxylic acids is 1. The van der Waals surface area contributed by atoms with E-state index in [-0.39, 0.29) is 12.0 Å². The molecular weight excluding hydrogens is 322 g/mol. The maximum absolute atomic E-state index is 13.0. The van der Waals surface area contributed by atoms with Gasteiger partial charge in [-0.3, -0.25) is 14.5 Å². The molecule has 0 radical (unpaired) electrons. The Morgan fingerprint density at radius 2 is 1.76 bits per heavy atom. The van der Waals surface area contributed by atoms with Gasteiger partial charge in [0, 0.05) is 12.0 Å². The molecule has 0 aliphatic carbocycles. The van der Waals surface area contributed by atoms with Crippen molar-refractivity contribution in [2.24, 2.45) is 0 Å². The minimum atomic E-state index is -1.60. The van der Waals surface area contributed by atoms with E-state index in [1.165, 1.54) is 0 Å². The van der Waals surface area contributed by atoms with Crippen LogP contribution < -0.4 is 0 Å². The Bertz CT molecular complexity index is 781. The number of fused-ring (bicyclic) bond motifs is 1. The molecule has 0 aliphatic rings. The summed E-state index contributed by atoms with van der Waals surface area (Å²) in [6.07, 6.45) is 1.33. The summed E-state index contributed by atoms with van der Waals surface area (Å²) in [6.45, 7) is 1.06. The molecule has 0 spiro atoms. The Balaban J connectivity index is 2.49. The number of amides is 2. The Morgan fingerprint density at radius 1 is 1.08 bits per heavy atom. The molecule has 0 saturated carbocycles. The third kappa shape index (κ3) is 4.03. The molecule has 132 valence electrons. The minimum absolute atomic E-state index is 0.0524. The van der Waals surface area contributed by atoms with Crippen LogP contribution in [-0.2, 0) is 9.59 Å². The molecule has 2 amide bonds. The van der Waals surface area contributed by atoms with E-state index in [0.717, 1.165) is 11.8 Å². The molecule has 1 atom stereocenters. The lowest BCUT2D eigenvalue weighted by Crippen LogP contribution is -2.50. The molecule has 2 N–H and O–H groups in total. The fraction of sp³-hybridized carbons (Fsp3) is 0.316. The van der Waals surface area contributed by atoms with Gasteiger partial charge in [0.25, 0.3) is 5.91 Å². The Labute approximate surface area is 145 Å². The van der Waals surface area contributed by atoms with Gasteiger partial charge in [0.1, 0.15) is 0 Å². The third-order valence-electron chi connectivity index (χ3n) is 4.02. The number of hydrogen-bond acceptors (Lipinski definition) is 4. The zero-order valence-electron chi connectivity index (χ0n) is 14.0. The fourth-order valence-corrected chi connectivity index (χ4v) is 2.69. The summed E-state index contributed by atoms with van der Waals surface area (Å²) < 4.78 is 0. The highest BCUT2D eigenvalue weighted by Gasteiger charge is 2.35. The number of carbonyl (C=O) groups excluding carboxylic acids is 2. The van der Waals surface area contributed by atoms with E-state index in [4.69, 9.17) is 0 Å². The van der Waals surface area contributed by atoms with Crippen LogP contribution in [0.5, 0.6) is 0 Å². The topological polar surface area (TPSA) is 94.9 Å². The second-order valence-electron chi connectivity index (χ2n) is 5.74. The molecule has 6 heteroatoms. The summed E-state index contributed by atoms with van der Waals surface area (Å²) in [6, 6.07) is 10.6. The molecule has 0 heterocycles. The number of aliphatic hydroxyl groups is 1. The van der Waals surface area contributed by atoms with Gasteiger partial charge in [-0.15, -0.1) is 0 Å². The Kier molecular flexibility index (Phi) is 6.25. The number of carbonyl (C=O) groups is 3. The molecular formula is C19H21NO5. The Hall–Kier alpha value is -2.73. The molecule has 1 unspecified atom stereocenters. The first-order chi connectivity index (χ1) is 12.0. The second kappa shape index (κ2) is 8.39. The van der Waals surface area contributed by atoms with E-state index in [1.807, 2.05) is 25.1 Å². The van der Waals surface area contributed by atoms with Crippen molar-refractivity contribution in [2.75, 3.05) is 6.61 Å². The van der Waals surface area contributed by atoms with Crippen molar-refractivity contribution < 1.29 is 24.6 Å². The molecule has 0 aromatic heterocycles. The highest BCUT2D eigenvalue weighted by Crippen LogP contribution is 2.22. The van der Waals surface area contributed by atoms with Crippen LogP contribution in [0.25, 0.3) is 10.8 Å². The third-order valence-corrected chi connectivity index (χ3v) is 4.02. The summed E-state index contributed by atoms with van der Waals surface area (Å²) in [5.74, 6) is -2.72. The second-order valence-corrected chi connectivity index (χ2v) is 5.74. The van der Waals surface area contributed by atoms with Crippen LogP contribution in [0.4, 0.5) is 0 Å². The molecule has 2 aromatic rings. The predicted octanol–water partition coefficient (Wildman–Crippen LogP) is 2.44. The average Bonchev–Trinajstić information content (AvgIpc) is 2.62. The maximum Gasteiger partial charge on any atom is 0.329 e. The van der Waals surface area contributed by atoms with Gasteiger partial charge < -0.3 is 10.2 Å². The predicted molar refractivity (Wildman–Crippen MR) is 93.2 cm³/mol. The summed E-state index contributed by atoms with van der Waals surface area (Å²) in [5.41, 5.74) is 0.239. The first-order valence-electron chi connectivity index (χ1n) is 8.19. The molecule has 0 fully saturated rings. The van der Waals surface area contributed by atoms with E-state index in [0.29, 0.717) is 16.7 Å². The molecule has 2 rings (SSSR count). The molecule has 0 saturated heterocycles. The number of imide groups is 1. The quantitative estimate of drug-likeness (QED) is 0.805. The van der Waals surface area contributed by atoms with Crippen LogP contribution in [0, 0.1) is 0 Å². The zero-order chi connectivity index (χ0) is 18.4. The summed E-state index contributed by atoms with van der Waals surface area (Å²) in [4.78, 5) is 37.6. The number of aliphatic hydroxyl groups excluding tert-OH is 1. The van der Waals surface area contributed by atoms with Crippen molar-refractivity contribution in [3.63, 3.8) is 0 Å². The van der Waals surface area contributed by atoms with Gasteiger partial charge in [-0.05, 0) is 23.3 Å². The van der Waals surface area contributed by atoms with Gasteiger partial charge >= 0.3 is 5.97 Å². The van der Waals surface area contributed by atoms with Crippen molar-refractivity contribution in [2.45, 2.75) is 32.2 Å². The molecule has 2 aromatic carbocycles. The molecule has 6 nitrogen and oxygen atoms in total. The van der Waals surface area contributed by atoms with Crippen molar-refractivity contribution in [1.82, 2.24) is 4.90 Å². The van der Waals surface area contributed by atoms with Gasteiger partial charge in [0.2, 0.25) is 5.91 Å². The van der Waals surface area contributed by atoms with Crippen LogP contribution in [-0.4, -0.2) is 45.5 Å². The number of hydrogen-bond donors (Lipinski definition) is 2. The summed E-state index contributed by atoms with van der Waals surface area (Å²) in [7, 11) is 0. The fourth-order valence-electron chi connectivity index (χ4n) is 2.69. The standard InChI is InChI=1S/C19H21NO5/c1-2-3-11-17(22)20(16(12-21)19(24)25)18(23)15-10-6-8-13-7-4-5-9-14(13)15/h4-10,16,21H,2-3,11-12H2,1H3,(H,24,25). The van der Waals surface area contributed by atoms with E-state index in [1.54, 1.807) is 24.3 Å². The molecule has 0 aliphatic heterocycles. The lowest BCUT2D eigenvalue weighted by molar-refractivity contribution is -0.149. The lowest BCUT2D eigenvalue weighted by Gasteiger charge is -2.26. The zero-order valence-corrected chi connectivity index (χ0v) is 14.0. The maximum atomic E-state index is 13.0. The van der Waals surface area contributed by atoms with E-state index < -0.39 is 30.4 Å². The van der Waals surface area contributed by atoms with Crippen LogP contribution >= 0.6 is 0 Å². The number of unbranched alkanes of at least 4 members (excludes halogenated alkanes) is 1. The first-order valence-corrected chi connectivity index (χ1v) is 8.19. The number of rotatable bonds is 7. The van der Waals surface area contributed by atoms with Crippen LogP contribution in [0.2, 0.25) is 0 Å². The molecule has 0 bridgehead atoms. The number of nitrogens with zero attached hydrogens (tertiary/aromatic N) is 1. The van der Waals surface area contributed by atoms with Crippen LogP contribution in [0.3, 0.4) is 0 Å². The van der Waals surface area contributed by atoms with Crippen LogP contribution in [0.1, 0.15) is 36.5 Å². The van der Waals surface area contributed by atoms with Gasteiger partial charge in [0.15, 0.2) is 6.04 Å². The monoisotopic (exact) mass is 343 g/mol. The van der Waals surface area contributed by atoms with Crippen molar-refractivity contribution in [3.8, 4) is 0 Å². The van der Waals surface area contributed by atoms with Crippen molar-refractivity contribution in [1.29, 1.82) is 0 Å². The lowest BCUT2D eigenvalue weighted by atomic mass is 10.0. The van der Waals surface area contributed by atoms with Crippen molar-refractivity contribution in [3.05, 3.63) is 48.0 Å². The first kappa shape index (κ1) is 18.6. The van der Waals surface area contributed by atoms with Crippen LogP contribution in [0.15, 0.2) is 42.5 Å². The normalized spacial score (nSPS) is 11.9. The average molecular weight is 343 g/mol. The van der Waals surface area contributed by atoms with E-state index >= 15 is 0 Å². The number of benzene rings is 2. The minimum Gasteiger partial charge on any atom is -0.480 e. The van der Waals surface area contributed by atoms with E-state index in [9.17, 15) is 24.6 Å². The smallest absolute Gasteiger partial charge is 0.329 e. The summed E-state index contributed by atoms with van der Waals surface area (Å²) >= 11 is 0. The Morgan fingerprint density at radius 3 is 2.40 bits per heavy atom. The highest BCUT2D eigenvalue weighted by atomic mass is 16.4.